The minimum Gasteiger partial charge on any atom is -0.339 e. The normalized spacial score (nSPS) is 14.1. The number of aromatic amines is 2. The Bertz CT molecular complexity index is 740. The number of hydrogen-bond donors (Lipinski definition) is 2. The van der Waals surface area contributed by atoms with E-state index in [2.05, 4.69) is 35.4 Å². The lowest BCUT2D eigenvalue weighted by Gasteiger charge is -2.21. The summed E-state index contributed by atoms with van der Waals surface area (Å²) < 4.78 is 1.31. The second-order valence-electron chi connectivity index (χ2n) is 5.89. The molecular formula is C16H24N4O2. The number of rotatable bonds is 8. The molecule has 6 nitrogen and oxygen atoms in total. The number of imidazole rings is 1. The average Bonchev–Trinajstić information content (AvgIpc) is 2.93. The Labute approximate surface area is 129 Å². The highest BCUT2D eigenvalue weighted by molar-refractivity contribution is 5.67. The monoisotopic (exact) mass is 304 g/mol. The Morgan fingerprint density at radius 1 is 1.45 bits per heavy atom. The molecule has 0 aromatic carbocycles. The van der Waals surface area contributed by atoms with Crippen molar-refractivity contribution in [3.63, 3.8) is 0 Å². The van der Waals surface area contributed by atoms with Gasteiger partial charge in [0.2, 0.25) is 0 Å². The van der Waals surface area contributed by atoms with Crippen LogP contribution in [0.5, 0.6) is 0 Å². The van der Waals surface area contributed by atoms with Crippen LogP contribution in [0.3, 0.4) is 0 Å². The zero-order valence-corrected chi connectivity index (χ0v) is 13.3. The third kappa shape index (κ3) is 3.37. The molecule has 0 saturated carbocycles. The van der Waals surface area contributed by atoms with Crippen LogP contribution in [0.2, 0.25) is 0 Å². The van der Waals surface area contributed by atoms with Crippen molar-refractivity contribution in [2.75, 3.05) is 0 Å². The van der Waals surface area contributed by atoms with Crippen LogP contribution in [0.15, 0.2) is 28.6 Å². The highest BCUT2D eigenvalue weighted by Crippen LogP contribution is 2.23. The molecule has 2 aromatic heterocycles. The van der Waals surface area contributed by atoms with Gasteiger partial charge >= 0.3 is 5.69 Å². The van der Waals surface area contributed by atoms with E-state index in [-0.39, 0.29) is 11.6 Å². The third-order valence-electron chi connectivity index (χ3n) is 4.04. The first kappa shape index (κ1) is 16.3. The van der Waals surface area contributed by atoms with Crippen molar-refractivity contribution < 1.29 is 0 Å². The summed E-state index contributed by atoms with van der Waals surface area (Å²) in [5, 5.41) is 0. The number of nitrogens with zero attached hydrogens (tertiary/aromatic N) is 2. The molecule has 2 aromatic rings. The van der Waals surface area contributed by atoms with Crippen molar-refractivity contribution in [3.8, 4) is 0 Å². The molecule has 2 atom stereocenters. The Morgan fingerprint density at radius 2 is 2.23 bits per heavy atom. The topological polar surface area (TPSA) is 83.5 Å². The van der Waals surface area contributed by atoms with Gasteiger partial charge < -0.3 is 4.98 Å². The lowest BCUT2D eigenvalue weighted by molar-refractivity contribution is 0.349. The molecule has 0 bridgehead atoms. The molecule has 6 heteroatoms. The van der Waals surface area contributed by atoms with Gasteiger partial charge in [0, 0.05) is 6.04 Å². The zero-order valence-electron chi connectivity index (χ0n) is 13.3. The summed E-state index contributed by atoms with van der Waals surface area (Å²) >= 11 is 0. The molecule has 120 valence electrons. The number of unbranched alkanes of at least 4 members (excludes halogenated alkanes) is 1. The van der Waals surface area contributed by atoms with Crippen LogP contribution >= 0.6 is 0 Å². The highest BCUT2D eigenvalue weighted by atomic mass is 16.2. The van der Waals surface area contributed by atoms with Crippen LogP contribution in [-0.4, -0.2) is 19.5 Å². The summed E-state index contributed by atoms with van der Waals surface area (Å²) in [6.07, 6.45) is 7.97. The van der Waals surface area contributed by atoms with E-state index in [0.29, 0.717) is 23.5 Å². The Morgan fingerprint density at radius 3 is 2.91 bits per heavy atom. The van der Waals surface area contributed by atoms with Gasteiger partial charge in [-0.25, -0.2) is 9.78 Å². The van der Waals surface area contributed by atoms with Crippen molar-refractivity contribution in [2.45, 2.75) is 52.0 Å². The maximum Gasteiger partial charge on any atom is 0.330 e. The van der Waals surface area contributed by atoms with Crippen molar-refractivity contribution in [3.05, 3.63) is 39.8 Å². The molecule has 0 saturated heterocycles. The second-order valence-corrected chi connectivity index (χ2v) is 5.89. The summed E-state index contributed by atoms with van der Waals surface area (Å²) in [6, 6.07) is -0.173. The zero-order chi connectivity index (χ0) is 16.1. The van der Waals surface area contributed by atoms with Crippen LogP contribution in [-0.2, 0) is 0 Å². The van der Waals surface area contributed by atoms with Gasteiger partial charge in [0.15, 0.2) is 5.65 Å². The lowest BCUT2D eigenvalue weighted by atomic mass is 9.94. The standard InChI is InChI=1S/C16H24N4O2/c1-4-6-8-11(3)9-12(7-5-2)20-15(21)13-14(18-10-17-13)19-16(20)22/h5,10-12H,2,4,6-9H2,1,3H3,(H,17,18)(H,19,22). The molecule has 0 aliphatic heterocycles. The number of fused-ring (bicyclic) bond motifs is 1. The molecule has 2 unspecified atom stereocenters. The van der Waals surface area contributed by atoms with Gasteiger partial charge in [-0.3, -0.25) is 14.3 Å². The van der Waals surface area contributed by atoms with Gasteiger partial charge in [0.25, 0.3) is 5.56 Å². The highest BCUT2D eigenvalue weighted by Gasteiger charge is 2.19. The molecule has 22 heavy (non-hydrogen) atoms. The van der Waals surface area contributed by atoms with Crippen molar-refractivity contribution in [1.82, 2.24) is 19.5 Å². The predicted octanol–water partition coefficient (Wildman–Crippen LogP) is 2.75. The van der Waals surface area contributed by atoms with Gasteiger partial charge in [-0.1, -0.05) is 39.2 Å². The Kier molecular flexibility index (Phi) is 5.35. The minimum absolute atomic E-state index is 0.173. The predicted molar refractivity (Wildman–Crippen MR) is 88.1 cm³/mol. The van der Waals surface area contributed by atoms with Crippen molar-refractivity contribution >= 4 is 11.2 Å². The van der Waals surface area contributed by atoms with Crippen molar-refractivity contribution in [2.24, 2.45) is 5.92 Å². The molecule has 0 aliphatic rings. The molecule has 2 N–H and O–H groups in total. The summed E-state index contributed by atoms with van der Waals surface area (Å²) in [5.74, 6) is 0.452. The first-order valence-electron chi connectivity index (χ1n) is 7.87. The molecule has 0 radical (unpaired) electrons. The fourth-order valence-corrected chi connectivity index (χ4v) is 2.89. The summed E-state index contributed by atoms with van der Waals surface area (Å²) in [5.41, 5.74) is -0.0672. The van der Waals surface area contributed by atoms with Gasteiger partial charge in [-0.2, -0.15) is 0 Å². The maximum absolute atomic E-state index is 12.6. The van der Waals surface area contributed by atoms with Crippen molar-refractivity contribution in [1.29, 1.82) is 0 Å². The number of allylic oxidation sites excluding steroid dienone is 1. The first-order valence-corrected chi connectivity index (χ1v) is 7.87. The van der Waals surface area contributed by atoms with E-state index in [1.165, 1.54) is 10.9 Å². The average molecular weight is 304 g/mol. The number of H-pyrrole nitrogens is 2. The van der Waals surface area contributed by atoms with Crippen LogP contribution < -0.4 is 11.2 Å². The molecule has 0 spiro atoms. The van der Waals surface area contributed by atoms with E-state index in [9.17, 15) is 9.59 Å². The second kappa shape index (κ2) is 7.24. The number of nitrogens with one attached hydrogen (secondary N) is 2. The van der Waals surface area contributed by atoms with E-state index >= 15 is 0 Å². The van der Waals surface area contributed by atoms with Crippen LogP contribution in [0.4, 0.5) is 0 Å². The molecule has 2 heterocycles. The third-order valence-corrected chi connectivity index (χ3v) is 4.04. The van der Waals surface area contributed by atoms with E-state index in [1.54, 1.807) is 6.08 Å². The fourth-order valence-electron chi connectivity index (χ4n) is 2.89. The lowest BCUT2D eigenvalue weighted by Crippen LogP contribution is -2.38. The number of aromatic nitrogens is 4. The molecule has 0 fully saturated rings. The number of hydrogen-bond acceptors (Lipinski definition) is 3. The van der Waals surface area contributed by atoms with Gasteiger partial charge in [0.1, 0.15) is 5.52 Å². The molecular weight excluding hydrogens is 280 g/mol. The Hall–Kier alpha value is -2.11. The summed E-state index contributed by atoms with van der Waals surface area (Å²) in [6.45, 7) is 8.09. The van der Waals surface area contributed by atoms with E-state index in [4.69, 9.17) is 0 Å². The first-order chi connectivity index (χ1) is 10.6. The van der Waals surface area contributed by atoms with Crippen LogP contribution in [0, 0.1) is 5.92 Å². The molecule has 0 amide bonds. The summed E-state index contributed by atoms with van der Waals surface area (Å²) in [4.78, 5) is 34.3. The van der Waals surface area contributed by atoms with E-state index in [1.807, 2.05) is 0 Å². The van der Waals surface area contributed by atoms with Crippen LogP contribution in [0.1, 0.15) is 52.0 Å². The molecule has 2 rings (SSSR count). The SMILES string of the molecule is C=CCC(CC(C)CCCC)n1c(=O)[nH]c2nc[nH]c2c1=O. The quantitative estimate of drug-likeness (QED) is 0.735. The van der Waals surface area contributed by atoms with Crippen LogP contribution in [0.25, 0.3) is 11.2 Å². The van der Waals surface area contributed by atoms with Gasteiger partial charge in [-0.05, 0) is 18.8 Å². The minimum atomic E-state index is -0.404. The van der Waals surface area contributed by atoms with Gasteiger partial charge in [0.05, 0.1) is 6.33 Å². The largest absolute Gasteiger partial charge is 0.339 e. The maximum atomic E-state index is 12.6. The van der Waals surface area contributed by atoms with E-state index in [0.717, 1.165) is 25.7 Å². The Balaban J connectivity index is 2.37. The summed E-state index contributed by atoms with van der Waals surface area (Å²) in [7, 11) is 0. The fraction of sp³-hybridized carbons (Fsp3) is 0.562. The smallest absolute Gasteiger partial charge is 0.330 e. The molecule has 0 aliphatic carbocycles. The van der Waals surface area contributed by atoms with E-state index < -0.39 is 5.69 Å². The van der Waals surface area contributed by atoms with Gasteiger partial charge in [-0.15, -0.1) is 6.58 Å².